The van der Waals surface area contributed by atoms with Crippen LogP contribution in [-0.2, 0) is 29.1 Å². The molecule has 3 atom stereocenters. The molecule has 14 heteroatoms. The SMILES string of the molecule is COc1nc(O[C@H]2CCc3c(-c4cccc(C(=O)Nc5ccc(CN6CC[C@](C)(C(=O)O)C6)cn5)c4Cl)cccc32)c(Cl)cc1CN1CC[C@](C)(C(=O)O)C1. The fraction of sp³-hybridized carbons (Fsp3) is 0.390. The number of methoxy groups -OCH3 is 1. The molecule has 2 aromatic heterocycles. The number of halogens is 2. The van der Waals surface area contributed by atoms with E-state index in [1.54, 1.807) is 44.3 Å². The van der Waals surface area contributed by atoms with Crippen LogP contribution in [0.1, 0.15) is 71.8 Å². The Hall–Kier alpha value is -4.75. The van der Waals surface area contributed by atoms with Crippen molar-refractivity contribution in [3.8, 4) is 22.9 Å². The third-order valence-corrected chi connectivity index (χ3v) is 11.9. The largest absolute Gasteiger partial charge is 0.481 e. The molecule has 1 amide bonds. The number of hydrogen-bond donors (Lipinski definition) is 3. The van der Waals surface area contributed by atoms with Crippen molar-refractivity contribution >= 4 is 46.9 Å². The standard InChI is InChI=1S/C41H43Cl2N5O7/c1-40(38(50)51)14-16-47(22-40)20-24-10-13-33(44-19-24)45-35(49)30-9-5-8-29(34(30)43)26-6-4-7-28-27(26)11-12-32(28)55-37-31(42)18-25(36(46-37)54-3)21-48-17-15-41(2,23-48)39(52)53/h4-10,13,18-19,32H,11-12,14-17,20-23H2,1-3H3,(H,50,51)(H,52,53)(H,44,45,49)/t32-,40-,41-/m0/s1. The number of fused-ring (bicyclic) bond motifs is 1. The maximum Gasteiger partial charge on any atom is 0.310 e. The molecule has 0 bridgehead atoms. The molecule has 3 aliphatic rings. The van der Waals surface area contributed by atoms with Crippen molar-refractivity contribution in [1.29, 1.82) is 0 Å². The van der Waals surface area contributed by atoms with Crippen molar-refractivity contribution < 1.29 is 34.1 Å². The molecule has 0 radical (unpaired) electrons. The van der Waals surface area contributed by atoms with Crippen LogP contribution in [0.5, 0.6) is 11.8 Å². The third-order valence-electron chi connectivity index (χ3n) is 11.2. The molecular formula is C41H43Cl2N5O7. The average Bonchev–Trinajstić information content (AvgIpc) is 3.87. The lowest BCUT2D eigenvalue weighted by Gasteiger charge is -2.22. The van der Waals surface area contributed by atoms with Gasteiger partial charge in [-0.25, -0.2) is 4.98 Å². The van der Waals surface area contributed by atoms with E-state index in [4.69, 9.17) is 32.7 Å². The lowest BCUT2D eigenvalue weighted by atomic mass is 9.90. The second-order valence-electron chi connectivity index (χ2n) is 15.3. The molecule has 2 saturated heterocycles. The summed E-state index contributed by atoms with van der Waals surface area (Å²) in [6, 6.07) is 16.7. The number of amides is 1. The first kappa shape index (κ1) is 38.5. The highest BCUT2D eigenvalue weighted by Gasteiger charge is 2.41. The van der Waals surface area contributed by atoms with Gasteiger partial charge in [0.1, 0.15) is 16.9 Å². The summed E-state index contributed by atoms with van der Waals surface area (Å²) in [5, 5.41) is 22.7. The fourth-order valence-corrected chi connectivity index (χ4v) is 8.45. The van der Waals surface area contributed by atoms with E-state index in [2.05, 4.69) is 25.1 Å². The van der Waals surface area contributed by atoms with Crippen molar-refractivity contribution in [2.45, 2.75) is 58.7 Å². The summed E-state index contributed by atoms with van der Waals surface area (Å²) in [5.41, 5.74) is 4.09. The topological polar surface area (TPSA) is 154 Å². The minimum atomic E-state index is -0.804. The van der Waals surface area contributed by atoms with Crippen LogP contribution in [0.3, 0.4) is 0 Å². The van der Waals surface area contributed by atoms with Gasteiger partial charge < -0.3 is 25.0 Å². The zero-order valence-corrected chi connectivity index (χ0v) is 32.4. The van der Waals surface area contributed by atoms with Crippen molar-refractivity contribution in [2.75, 3.05) is 38.6 Å². The molecule has 0 unspecified atom stereocenters. The molecule has 2 aliphatic heterocycles. The summed E-state index contributed by atoms with van der Waals surface area (Å²) < 4.78 is 12.1. The number of aliphatic carboxylic acids is 2. The number of nitrogens with zero attached hydrogens (tertiary/aromatic N) is 4. The second kappa shape index (κ2) is 15.4. The Morgan fingerprint density at radius 3 is 2.22 bits per heavy atom. The van der Waals surface area contributed by atoms with Gasteiger partial charge in [-0.3, -0.25) is 24.2 Å². The lowest BCUT2D eigenvalue weighted by molar-refractivity contribution is -0.148. The first-order valence-electron chi connectivity index (χ1n) is 18.3. The lowest BCUT2D eigenvalue weighted by Crippen LogP contribution is -2.31. The zero-order chi connectivity index (χ0) is 39.1. The van der Waals surface area contributed by atoms with Crippen LogP contribution in [0.2, 0.25) is 10.0 Å². The highest BCUT2D eigenvalue weighted by Crippen LogP contribution is 2.44. The van der Waals surface area contributed by atoms with Crippen molar-refractivity contribution in [1.82, 2.24) is 19.8 Å². The van der Waals surface area contributed by atoms with E-state index in [0.29, 0.717) is 92.3 Å². The van der Waals surface area contributed by atoms with Gasteiger partial charge in [-0.2, -0.15) is 4.98 Å². The molecule has 0 saturated carbocycles. The van der Waals surface area contributed by atoms with Gasteiger partial charge in [-0.1, -0.05) is 59.6 Å². The zero-order valence-electron chi connectivity index (χ0n) is 30.9. The van der Waals surface area contributed by atoms with Crippen LogP contribution in [0.4, 0.5) is 5.82 Å². The molecule has 288 valence electrons. The van der Waals surface area contributed by atoms with E-state index < -0.39 is 28.7 Å². The molecule has 4 aromatic rings. The van der Waals surface area contributed by atoms with E-state index in [0.717, 1.165) is 33.4 Å². The molecule has 12 nitrogen and oxygen atoms in total. The molecule has 55 heavy (non-hydrogen) atoms. The van der Waals surface area contributed by atoms with Crippen LogP contribution in [0, 0.1) is 10.8 Å². The Kier molecular flexibility index (Phi) is 10.8. The van der Waals surface area contributed by atoms with E-state index in [-0.39, 0.29) is 12.0 Å². The number of anilines is 1. The maximum atomic E-state index is 13.5. The second-order valence-corrected chi connectivity index (χ2v) is 16.1. The summed E-state index contributed by atoms with van der Waals surface area (Å²) in [6.45, 7) is 6.79. The van der Waals surface area contributed by atoms with Crippen LogP contribution >= 0.6 is 23.2 Å². The summed E-state index contributed by atoms with van der Waals surface area (Å²) in [5.74, 6) is -0.983. The van der Waals surface area contributed by atoms with Gasteiger partial charge in [0.25, 0.3) is 5.91 Å². The first-order chi connectivity index (χ1) is 26.3. The Morgan fingerprint density at radius 2 is 1.58 bits per heavy atom. The molecule has 2 fully saturated rings. The Morgan fingerprint density at radius 1 is 0.909 bits per heavy atom. The summed E-state index contributed by atoms with van der Waals surface area (Å²) in [4.78, 5) is 50.1. The van der Waals surface area contributed by atoms with Crippen LogP contribution < -0.4 is 14.8 Å². The van der Waals surface area contributed by atoms with Gasteiger partial charge in [-0.05, 0) is 93.1 Å². The van der Waals surface area contributed by atoms with E-state index in [1.807, 2.05) is 30.3 Å². The third kappa shape index (κ3) is 7.86. The highest BCUT2D eigenvalue weighted by molar-refractivity contribution is 6.37. The number of carboxylic acids is 2. The summed E-state index contributed by atoms with van der Waals surface area (Å²) in [7, 11) is 1.53. The van der Waals surface area contributed by atoms with Gasteiger partial charge in [0.2, 0.25) is 11.8 Å². The number of benzene rings is 2. The van der Waals surface area contributed by atoms with Crippen molar-refractivity contribution in [2.24, 2.45) is 10.8 Å². The first-order valence-corrected chi connectivity index (χ1v) is 19.0. The number of pyridine rings is 2. The molecule has 3 N–H and O–H groups in total. The molecular weight excluding hydrogens is 745 g/mol. The van der Waals surface area contributed by atoms with Gasteiger partial charge in [0.15, 0.2) is 0 Å². The summed E-state index contributed by atoms with van der Waals surface area (Å²) >= 11 is 13.7. The van der Waals surface area contributed by atoms with Gasteiger partial charge in [-0.15, -0.1) is 0 Å². The number of carboxylic acid groups (broad SMARTS) is 2. The number of carbonyl (C=O) groups is 3. The Balaban J connectivity index is 1.03. The number of likely N-dealkylation sites (tertiary alicyclic amines) is 2. The molecule has 7 rings (SSSR count). The molecule has 1 aliphatic carbocycles. The number of ether oxygens (including phenoxy) is 2. The fourth-order valence-electron chi connectivity index (χ4n) is 7.91. The van der Waals surface area contributed by atoms with Crippen LogP contribution in [0.15, 0.2) is 60.8 Å². The molecule has 4 heterocycles. The minimum Gasteiger partial charge on any atom is -0.481 e. The number of aromatic nitrogens is 2. The average molecular weight is 789 g/mol. The minimum absolute atomic E-state index is 0.248. The van der Waals surface area contributed by atoms with Gasteiger partial charge >= 0.3 is 11.9 Å². The predicted octanol–water partition coefficient (Wildman–Crippen LogP) is 7.37. The normalized spacial score (nSPS) is 22.4. The number of rotatable bonds is 12. The monoisotopic (exact) mass is 787 g/mol. The maximum absolute atomic E-state index is 13.5. The molecule has 2 aromatic carbocycles. The predicted molar refractivity (Wildman–Crippen MR) is 208 cm³/mol. The number of carbonyl (C=O) groups excluding carboxylic acids is 1. The van der Waals surface area contributed by atoms with E-state index >= 15 is 0 Å². The van der Waals surface area contributed by atoms with Gasteiger partial charge in [0, 0.05) is 43.5 Å². The summed E-state index contributed by atoms with van der Waals surface area (Å²) in [6.07, 6.45) is 3.89. The van der Waals surface area contributed by atoms with Crippen molar-refractivity contribution in [3.05, 3.63) is 98.7 Å². The van der Waals surface area contributed by atoms with Crippen LogP contribution in [0.25, 0.3) is 11.1 Å². The van der Waals surface area contributed by atoms with Gasteiger partial charge in [0.05, 0.1) is 28.5 Å². The smallest absolute Gasteiger partial charge is 0.310 e. The van der Waals surface area contributed by atoms with Crippen molar-refractivity contribution in [3.63, 3.8) is 0 Å². The number of nitrogens with one attached hydrogen (secondary N) is 1. The Labute approximate surface area is 329 Å². The van der Waals surface area contributed by atoms with E-state index in [9.17, 15) is 24.6 Å². The Bertz CT molecular complexity index is 2150. The molecule has 0 spiro atoms. The quantitative estimate of drug-likeness (QED) is 0.132. The van der Waals surface area contributed by atoms with E-state index in [1.165, 1.54) is 7.11 Å². The highest BCUT2D eigenvalue weighted by atomic mass is 35.5. The van der Waals surface area contributed by atoms with Crippen LogP contribution in [-0.4, -0.2) is 81.1 Å². The number of hydrogen-bond acceptors (Lipinski definition) is 9.